The Balaban J connectivity index is 1.90. The van der Waals surface area contributed by atoms with E-state index in [4.69, 9.17) is 0 Å². The van der Waals surface area contributed by atoms with E-state index < -0.39 is 5.97 Å². The van der Waals surface area contributed by atoms with Crippen LogP contribution in [0.2, 0.25) is 0 Å². The first-order chi connectivity index (χ1) is 12.1. The van der Waals surface area contributed by atoms with Crippen molar-refractivity contribution in [2.45, 2.75) is 0 Å². The molecule has 0 amide bonds. The van der Waals surface area contributed by atoms with E-state index in [0.29, 0.717) is 5.69 Å². The highest BCUT2D eigenvalue weighted by Crippen LogP contribution is 2.30. The first kappa shape index (κ1) is 14.8. The summed E-state index contributed by atoms with van der Waals surface area (Å²) in [6, 6.07) is 16.3. The summed E-state index contributed by atoms with van der Waals surface area (Å²) in [5.41, 5.74) is 0.460. The van der Waals surface area contributed by atoms with E-state index in [-0.39, 0.29) is 22.9 Å². The van der Waals surface area contributed by atoms with Gasteiger partial charge in [-0.15, -0.1) is 10.2 Å². The fraction of sp³-hybridized carbons (Fsp3) is 0. The predicted octanol–water partition coefficient (Wildman–Crippen LogP) is 4.31. The lowest BCUT2D eigenvalue weighted by Gasteiger charge is -2.01. The van der Waals surface area contributed by atoms with Crippen LogP contribution >= 0.6 is 0 Å². The van der Waals surface area contributed by atoms with Gasteiger partial charge in [0.1, 0.15) is 0 Å². The Morgan fingerprint density at radius 1 is 1.00 bits per heavy atom. The average Bonchev–Trinajstić information content (AvgIpc) is 3.00. The highest BCUT2D eigenvalue weighted by atomic mass is 16.4. The molecule has 0 atom stereocenters. The lowest BCUT2D eigenvalue weighted by atomic mass is 10.1. The van der Waals surface area contributed by atoms with Gasteiger partial charge in [0.05, 0.1) is 5.69 Å². The maximum absolute atomic E-state index is 11.5. The van der Waals surface area contributed by atoms with Crippen molar-refractivity contribution >= 4 is 33.9 Å². The molecule has 2 heterocycles. The predicted molar refractivity (Wildman–Crippen MR) is 91.9 cm³/mol. The second-order valence-electron chi connectivity index (χ2n) is 5.37. The van der Waals surface area contributed by atoms with Crippen molar-refractivity contribution in [2.75, 3.05) is 0 Å². The number of aromatic hydroxyl groups is 1. The summed E-state index contributed by atoms with van der Waals surface area (Å²) in [5, 5.41) is 29.5. The molecule has 25 heavy (non-hydrogen) atoms. The third-order valence-electron chi connectivity index (χ3n) is 3.83. The number of imidazole rings is 1. The zero-order valence-electron chi connectivity index (χ0n) is 12.9. The van der Waals surface area contributed by atoms with Crippen LogP contribution in [0.25, 0.3) is 16.4 Å². The van der Waals surface area contributed by atoms with Crippen LogP contribution in [-0.2, 0) is 0 Å². The highest BCUT2D eigenvalue weighted by molar-refractivity contribution is 5.93. The third-order valence-corrected chi connectivity index (χ3v) is 3.83. The van der Waals surface area contributed by atoms with Gasteiger partial charge >= 0.3 is 5.97 Å². The summed E-state index contributed by atoms with van der Waals surface area (Å²) in [6.45, 7) is 0. The Bertz CT molecular complexity index is 1140. The topological polar surface area (TPSA) is 99.5 Å². The highest BCUT2D eigenvalue weighted by Gasteiger charge is 2.20. The van der Waals surface area contributed by atoms with Crippen molar-refractivity contribution in [1.82, 2.24) is 9.38 Å². The van der Waals surface area contributed by atoms with Gasteiger partial charge in [-0.2, -0.15) is 0 Å². The Hall–Kier alpha value is -3.74. The van der Waals surface area contributed by atoms with Gasteiger partial charge in [0.25, 0.3) is 0 Å². The van der Waals surface area contributed by atoms with Gasteiger partial charge in [-0.05, 0) is 23.6 Å². The fourth-order valence-electron chi connectivity index (χ4n) is 2.68. The van der Waals surface area contributed by atoms with E-state index in [0.717, 1.165) is 10.8 Å². The Kier molecular flexibility index (Phi) is 3.39. The molecule has 0 fully saturated rings. The molecule has 122 valence electrons. The number of fused-ring (bicyclic) bond motifs is 2. The number of aromatic carboxylic acids is 1. The lowest BCUT2D eigenvalue weighted by Crippen LogP contribution is -1.96. The molecule has 7 heteroatoms. The first-order valence-electron chi connectivity index (χ1n) is 7.48. The van der Waals surface area contributed by atoms with Crippen LogP contribution in [0.4, 0.5) is 11.5 Å². The zero-order valence-corrected chi connectivity index (χ0v) is 12.9. The van der Waals surface area contributed by atoms with Gasteiger partial charge in [-0.1, -0.05) is 36.4 Å². The number of carbonyl (C=O) groups is 1. The Morgan fingerprint density at radius 2 is 1.80 bits per heavy atom. The van der Waals surface area contributed by atoms with Crippen molar-refractivity contribution in [2.24, 2.45) is 10.2 Å². The maximum atomic E-state index is 11.5. The van der Waals surface area contributed by atoms with Crippen LogP contribution in [0, 0.1) is 0 Å². The summed E-state index contributed by atoms with van der Waals surface area (Å²) >= 11 is 0. The van der Waals surface area contributed by atoms with Crippen LogP contribution in [0.5, 0.6) is 5.75 Å². The number of pyridine rings is 1. The molecule has 2 N–H and O–H groups in total. The van der Waals surface area contributed by atoms with Crippen molar-refractivity contribution in [3.05, 3.63) is 66.5 Å². The van der Waals surface area contributed by atoms with Crippen molar-refractivity contribution in [3.8, 4) is 5.75 Å². The molecule has 0 aliphatic rings. The number of hydrogen-bond acceptors (Lipinski definition) is 5. The molecule has 0 aliphatic heterocycles. The van der Waals surface area contributed by atoms with E-state index in [1.54, 1.807) is 18.3 Å². The molecule has 0 spiro atoms. The summed E-state index contributed by atoms with van der Waals surface area (Å²) < 4.78 is 1.40. The summed E-state index contributed by atoms with van der Waals surface area (Å²) in [5.74, 6) is -1.32. The van der Waals surface area contributed by atoms with Gasteiger partial charge in [-0.3, -0.25) is 4.40 Å². The standard InChI is InChI=1S/C18H12N4O3/c23-14-9-4-10-22-16(14)19-15(18(24)25)17(22)21-20-13-8-3-6-11-5-1-2-7-12(11)13/h1-10,23H,(H,24,25). The van der Waals surface area contributed by atoms with Gasteiger partial charge in [0, 0.05) is 11.6 Å². The van der Waals surface area contributed by atoms with Crippen molar-refractivity contribution in [3.63, 3.8) is 0 Å². The smallest absolute Gasteiger partial charge is 0.358 e. The summed E-state index contributed by atoms with van der Waals surface area (Å²) in [4.78, 5) is 15.4. The molecule has 0 bridgehead atoms. The normalized spacial score (nSPS) is 11.5. The number of carboxylic acids is 1. The van der Waals surface area contributed by atoms with Gasteiger partial charge in [0.2, 0.25) is 0 Å². The van der Waals surface area contributed by atoms with Gasteiger partial charge in [-0.25, -0.2) is 9.78 Å². The molecular formula is C18H12N4O3. The summed E-state index contributed by atoms with van der Waals surface area (Å²) in [7, 11) is 0. The molecule has 0 unspecified atom stereocenters. The zero-order chi connectivity index (χ0) is 17.4. The molecule has 4 aromatic rings. The molecule has 0 radical (unpaired) electrons. The van der Waals surface area contributed by atoms with E-state index in [1.165, 1.54) is 10.5 Å². The Morgan fingerprint density at radius 3 is 2.64 bits per heavy atom. The molecule has 2 aromatic carbocycles. The Labute approximate surface area is 141 Å². The monoisotopic (exact) mass is 332 g/mol. The number of azo groups is 1. The fourth-order valence-corrected chi connectivity index (χ4v) is 2.68. The number of aromatic nitrogens is 2. The third kappa shape index (κ3) is 2.47. The van der Waals surface area contributed by atoms with E-state index in [2.05, 4.69) is 15.2 Å². The first-order valence-corrected chi connectivity index (χ1v) is 7.48. The molecule has 2 aromatic heterocycles. The molecule has 4 rings (SSSR count). The quantitative estimate of drug-likeness (QED) is 0.546. The number of benzene rings is 2. The molecule has 0 aliphatic carbocycles. The van der Waals surface area contributed by atoms with Crippen LogP contribution in [0.15, 0.2) is 71.0 Å². The maximum Gasteiger partial charge on any atom is 0.358 e. The number of rotatable bonds is 3. The molecular weight excluding hydrogens is 320 g/mol. The number of carboxylic acid groups (broad SMARTS) is 1. The molecule has 0 saturated carbocycles. The molecule has 0 saturated heterocycles. The minimum atomic E-state index is -1.24. The largest absolute Gasteiger partial charge is 0.504 e. The number of hydrogen-bond donors (Lipinski definition) is 2. The lowest BCUT2D eigenvalue weighted by molar-refractivity contribution is 0.0692. The van der Waals surface area contributed by atoms with E-state index in [9.17, 15) is 15.0 Å². The van der Waals surface area contributed by atoms with Crippen molar-refractivity contribution in [1.29, 1.82) is 0 Å². The average molecular weight is 332 g/mol. The minimum absolute atomic E-state index is 0.0475. The van der Waals surface area contributed by atoms with Crippen LogP contribution < -0.4 is 0 Å². The van der Waals surface area contributed by atoms with Gasteiger partial charge in [0.15, 0.2) is 22.9 Å². The van der Waals surface area contributed by atoms with Crippen molar-refractivity contribution < 1.29 is 15.0 Å². The van der Waals surface area contributed by atoms with E-state index >= 15 is 0 Å². The van der Waals surface area contributed by atoms with E-state index in [1.807, 2.05) is 36.4 Å². The van der Waals surface area contributed by atoms with Crippen LogP contribution in [0.3, 0.4) is 0 Å². The molecule has 7 nitrogen and oxygen atoms in total. The summed E-state index contributed by atoms with van der Waals surface area (Å²) in [6.07, 6.45) is 1.58. The van der Waals surface area contributed by atoms with Crippen LogP contribution in [0.1, 0.15) is 10.5 Å². The van der Waals surface area contributed by atoms with Crippen LogP contribution in [-0.4, -0.2) is 25.6 Å². The minimum Gasteiger partial charge on any atom is -0.504 e. The number of nitrogens with zero attached hydrogens (tertiary/aromatic N) is 4. The van der Waals surface area contributed by atoms with Gasteiger partial charge < -0.3 is 10.2 Å². The second kappa shape index (κ2) is 5.72. The SMILES string of the molecule is O=C(O)c1nc2c(O)cccn2c1N=Nc1cccc2ccccc12. The second-order valence-corrected chi connectivity index (χ2v) is 5.37.